The van der Waals surface area contributed by atoms with Crippen molar-refractivity contribution in [2.24, 2.45) is 5.73 Å². The zero-order valence-corrected chi connectivity index (χ0v) is 12.8. The van der Waals surface area contributed by atoms with Gasteiger partial charge in [-0.3, -0.25) is 4.90 Å². The number of aryl methyl sites for hydroxylation is 1. The van der Waals surface area contributed by atoms with E-state index in [0.717, 1.165) is 32.5 Å². The van der Waals surface area contributed by atoms with Crippen LogP contribution in [0.5, 0.6) is 0 Å². The van der Waals surface area contributed by atoms with E-state index in [1.165, 1.54) is 22.3 Å². The molecule has 110 valence electrons. The van der Waals surface area contributed by atoms with Gasteiger partial charge in [-0.1, -0.05) is 54.1 Å². The molecule has 0 radical (unpaired) electrons. The molecule has 21 heavy (non-hydrogen) atoms. The maximum atomic E-state index is 6.33. The Morgan fingerprint density at radius 2 is 1.76 bits per heavy atom. The van der Waals surface area contributed by atoms with Gasteiger partial charge in [0, 0.05) is 25.7 Å². The maximum absolute atomic E-state index is 6.33. The summed E-state index contributed by atoms with van der Waals surface area (Å²) in [4.78, 5) is 2.52. The van der Waals surface area contributed by atoms with Crippen molar-refractivity contribution in [2.75, 3.05) is 13.1 Å². The van der Waals surface area contributed by atoms with Crippen LogP contribution in [-0.2, 0) is 13.0 Å². The molecule has 2 N–H and O–H groups in total. The number of fused-ring (bicyclic) bond motifs is 1. The molecular formula is C19H24N2. The molecular weight excluding hydrogens is 256 g/mol. The molecule has 3 rings (SSSR count). The monoisotopic (exact) mass is 280 g/mol. The highest BCUT2D eigenvalue weighted by Gasteiger charge is 2.16. The fourth-order valence-electron chi connectivity index (χ4n) is 3.05. The van der Waals surface area contributed by atoms with Crippen LogP contribution in [0.1, 0.15) is 34.7 Å². The molecule has 0 fully saturated rings. The Bertz CT molecular complexity index is 589. The van der Waals surface area contributed by atoms with Crippen LogP contribution in [0.2, 0.25) is 0 Å². The van der Waals surface area contributed by atoms with E-state index in [1.54, 1.807) is 0 Å². The van der Waals surface area contributed by atoms with Gasteiger partial charge in [-0.15, -0.1) is 0 Å². The smallest absolute Gasteiger partial charge is 0.0307 e. The van der Waals surface area contributed by atoms with Gasteiger partial charge >= 0.3 is 0 Å². The van der Waals surface area contributed by atoms with E-state index in [-0.39, 0.29) is 6.04 Å². The van der Waals surface area contributed by atoms with Crippen molar-refractivity contribution in [3.8, 4) is 0 Å². The first kappa shape index (κ1) is 14.3. The van der Waals surface area contributed by atoms with Crippen LogP contribution in [0.3, 0.4) is 0 Å². The van der Waals surface area contributed by atoms with Crippen molar-refractivity contribution in [1.82, 2.24) is 4.90 Å². The maximum Gasteiger partial charge on any atom is 0.0307 e. The van der Waals surface area contributed by atoms with Gasteiger partial charge in [0.2, 0.25) is 0 Å². The van der Waals surface area contributed by atoms with E-state index >= 15 is 0 Å². The third-order valence-corrected chi connectivity index (χ3v) is 4.47. The predicted octanol–water partition coefficient (Wildman–Crippen LogP) is 3.44. The number of nitrogens with two attached hydrogens (primary N) is 1. The Morgan fingerprint density at radius 3 is 2.52 bits per heavy atom. The van der Waals surface area contributed by atoms with Gasteiger partial charge < -0.3 is 5.73 Å². The molecule has 2 heteroatoms. The first-order valence-electron chi connectivity index (χ1n) is 7.83. The molecule has 0 bridgehead atoms. The zero-order valence-electron chi connectivity index (χ0n) is 12.8. The van der Waals surface area contributed by atoms with Gasteiger partial charge in [-0.25, -0.2) is 0 Å². The molecule has 0 aliphatic carbocycles. The van der Waals surface area contributed by atoms with Crippen LogP contribution in [-0.4, -0.2) is 18.0 Å². The second kappa shape index (κ2) is 6.42. The molecule has 1 atom stereocenters. The molecule has 2 aromatic rings. The molecule has 2 nitrogen and oxygen atoms in total. The molecule has 0 aromatic heterocycles. The van der Waals surface area contributed by atoms with E-state index in [4.69, 9.17) is 5.73 Å². The number of benzene rings is 2. The number of nitrogens with zero attached hydrogens (tertiary/aromatic N) is 1. The highest BCUT2D eigenvalue weighted by molar-refractivity contribution is 5.29. The topological polar surface area (TPSA) is 29.3 Å². The van der Waals surface area contributed by atoms with Crippen molar-refractivity contribution in [3.05, 3.63) is 70.8 Å². The van der Waals surface area contributed by atoms with Gasteiger partial charge in [-0.05, 0) is 36.5 Å². The summed E-state index contributed by atoms with van der Waals surface area (Å²) in [5.74, 6) is 0. The minimum atomic E-state index is 0.141. The Kier molecular flexibility index (Phi) is 4.37. The summed E-state index contributed by atoms with van der Waals surface area (Å²) in [5.41, 5.74) is 11.9. The Morgan fingerprint density at radius 1 is 1.05 bits per heavy atom. The molecule has 0 saturated heterocycles. The Balaban J connectivity index is 1.55. The Hall–Kier alpha value is -1.64. The van der Waals surface area contributed by atoms with E-state index in [0.29, 0.717) is 0 Å². The molecule has 0 saturated carbocycles. The third-order valence-electron chi connectivity index (χ3n) is 4.47. The van der Waals surface area contributed by atoms with Crippen molar-refractivity contribution >= 4 is 0 Å². The summed E-state index contributed by atoms with van der Waals surface area (Å²) in [6, 6.07) is 17.5. The Labute approximate surface area is 127 Å². The van der Waals surface area contributed by atoms with Crippen molar-refractivity contribution < 1.29 is 0 Å². The minimum Gasteiger partial charge on any atom is -0.324 e. The molecule has 2 aromatic carbocycles. The summed E-state index contributed by atoms with van der Waals surface area (Å²) in [5, 5.41) is 0. The van der Waals surface area contributed by atoms with E-state index < -0.39 is 0 Å². The van der Waals surface area contributed by atoms with Crippen LogP contribution < -0.4 is 5.73 Å². The molecule has 0 spiro atoms. The van der Waals surface area contributed by atoms with E-state index in [9.17, 15) is 0 Å². The highest BCUT2D eigenvalue weighted by Crippen LogP contribution is 2.20. The highest BCUT2D eigenvalue weighted by atomic mass is 15.1. The van der Waals surface area contributed by atoms with E-state index in [1.807, 2.05) is 0 Å². The molecule has 1 heterocycles. The van der Waals surface area contributed by atoms with Crippen LogP contribution in [0.25, 0.3) is 0 Å². The number of rotatable bonds is 4. The fraction of sp³-hybridized carbons (Fsp3) is 0.368. The van der Waals surface area contributed by atoms with E-state index in [2.05, 4.69) is 60.4 Å². The fourth-order valence-corrected chi connectivity index (χ4v) is 3.05. The summed E-state index contributed by atoms with van der Waals surface area (Å²) >= 11 is 0. The standard InChI is InChI=1S/C19H24N2/c1-15-6-8-17(9-7-15)19(20)11-13-21-12-10-16-4-2-3-5-18(16)14-21/h2-9,19H,10-14,20H2,1H3. The van der Waals surface area contributed by atoms with Crippen molar-refractivity contribution in [3.63, 3.8) is 0 Å². The summed E-state index contributed by atoms with van der Waals surface area (Å²) in [6.07, 6.45) is 2.18. The molecule has 0 amide bonds. The second-order valence-corrected chi connectivity index (χ2v) is 6.10. The van der Waals surface area contributed by atoms with Gasteiger partial charge in [0.25, 0.3) is 0 Å². The lowest BCUT2D eigenvalue weighted by atomic mass is 9.98. The van der Waals surface area contributed by atoms with Gasteiger partial charge in [-0.2, -0.15) is 0 Å². The van der Waals surface area contributed by atoms with Gasteiger partial charge in [0.15, 0.2) is 0 Å². The van der Waals surface area contributed by atoms with Gasteiger partial charge in [0.05, 0.1) is 0 Å². The van der Waals surface area contributed by atoms with Gasteiger partial charge in [0.1, 0.15) is 0 Å². The second-order valence-electron chi connectivity index (χ2n) is 6.10. The van der Waals surface area contributed by atoms with Crippen molar-refractivity contribution in [2.45, 2.75) is 32.4 Å². The average Bonchev–Trinajstić information content (AvgIpc) is 2.53. The first-order chi connectivity index (χ1) is 10.2. The quantitative estimate of drug-likeness (QED) is 0.929. The zero-order chi connectivity index (χ0) is 14.7. The lowest BCUT2D eigenvalue weighted by Crippen LogP contribution is -2.32. The lowest BCUT2D eigenvalue weighted by molar-refractivity contribution is 0.244. The molecule has 1 aliphatic heterocycles. The van der Waals surface area contributed by atoms with Crippen molar-refractivity contribution in [1.29, 1.82) is 0 Å². The largest absolute Gasteiger partial charge is 0.324 e. The summed E-state index contributed by atoms with van der Waals surface area (Å²) in [6.45, 7) is 5.40. The normalized spacial score (nSPS) is 16.5. The predicted molar refractivity (Wildman–Crippen MR) is 88.1 cm³/mol. The SMILES string of the molecule is Cc1ccc(C(N)CCN2CCc3ccccc3C2)cc1. The summed E-state index contributed by atoms with van der Waals surface area (Å²) in [7, 11) is 0. The van der Waals surface area contributed by atoms with Crippen LogP contribution >= 0.6 is 0 Å². The van der Waals surface area contributed by atoms with Crippen LogP contribution in [0.4, 0.5) is 0 Å². The first-order valence-corrected chi connectivity index (χ1v) is 7.83. The molecule has 1 unspecified atom stereocenters. The van der Waals surface area contributed by atoms with Crippen LogP contribution in [0, 0.1) is 6.92 Å². The summed E-state index contributed by atoms with van der Waals surface area (Å²) < 4.78 is 0. The van der Waals surface area contributed by atoms with Crippen LogP contribution in [0.15, 0.2) is 48.5 Å². The average molecular weight is 280 g/mol. The minimum absolute atomic E-state index is 0.141. The lowest BCUT2D eigenvalue weighted by Gasteiger charge is -2.29. The number of hydrogen-bond acceptors (Lipinski definition) is 2. The third kappa shape index (κ3) is 3.52. The molecule has 1 aliphatic rings. The number of hydrogen-bond donors (Lipinski definition) is 1.